The fourth-order valence-electron chi connectivity index (χ4n) is 0.921. The number of rotatable bonds is 2. The maximum atomic E-state index is 10.8. The molecule has 1 heterocycles. The van der Waals surface area contributed by atoms with Crippen LogP contribution < -0.4 is 5.14 Å². The molecule has 0 spiro atoms. The first-order valence-electron chi connectivity index (χ1n) is 3.55. The summed E-state index contributed by atoms with van der Waals surface area (Å²) in [6.07, 6.45) is 2.25. The summed E-state index contributed by atoms with van der Waals surface area (Å²) in [5.41, 5.74) is 0. The predicted octanol–water partition coefficient (Wildman–Crippen LogP) is 0.668. The monoisotopic (exact) mass is 204 g/mol. The van der Waals surface area contributed by atoms with E-state index in [1.54, 1.807) is 0 Å². The zero-order chi connectivity index (χ0) is 8.77. The normalized spacial score (nSPS) is 18.1. The second-order valence-corrected chi connectivity index (χ2v) is 5.24. The van der Waals surface area contributed by atoms with Crippen LogP contribution in [0.3, 0.4) is 0 Å². The van der Waals surface area contributed by atoms with Crippen molar-refractivity contribution in [2.75, 3.05) is 0 Å². The molecule has 1 aromatic rings. The van der Waals surface area contributed by atoms with E-state index >= 15 is 0 Å². The highest BCUT2D eigenvalue weighted by molar-refractivity contribution is 7.89. The summed E-state index contributed by atoms with van der Waals surface area (Å²) in [6, 6.07) is 0. The lowest BCUT2D eigenvalue weighted by molar-refractivity contribution is 0.594. The maximum absolute atomic E-state index is 10.8. The average Bonchev–Trinajstić information content (AvgIpc) is 2.66. The molecule has 0 amide bonds. The molecule has 0 radical (unpaired) electrons. The van der Waals surface area contributed by atoms with Crippen LogP contribution in [0.5, 0.6) is 0 Å². The van der Waals surface area contributed by atoms with E-state index in [9.17, 15) is 8.42 Å². The molecule has 1 aliphatic rings. The van der Waals surface area contributed by atoms with E-state index in [0.717, 1.165) is 17.8 Å². The van der Waals surface area contributed by atoms with E-state index in [-0.39, 0.29) is 5.03 Å². The van der Waals surface area contributed by atoms with E-state index in [4.69, 9.17) is 5.14 Å². The van der Waals surface area contributed by atoms with Crippen LogP contribution in [0.15, 0.2) is 10.4 Å². The summed E-state index contributed by atoms with van der Waals surface area (Å²) in [5.74, 6) is 0.491. The van der Waals surface area contributed by atoms with E-state index in [2.05, 4.69) is 4.98 Å². The lowest BCUT2D eigenvalue weighted by Gasteiger charge is -1.88. The van der Waals surface area contributed by atoms with Gasteiger partial charge in [-0.2, -0.15) is 0 Å². The topological polar surface area (TPSA) is 73.1 Å². The van der Waals surface area contributed by atoms with Gasteiger partial charge in [-0.3, -0.25) is 0 Å². The summed E-state index contributed by atoms with van der Waals surface area (Å²) in [4.78, 5) is 3.95. The lowest BCUT2D eigenvalue weighted by atomic mass is 10.5. The van der Waals surface area contributed by atoms with Crippen LogP contribution in [0.4, 0.5) is 0 Å². The van der Waals surface area contributed by atoms with E-state index < -0.39 is 10.0 Å². The van der Waals surface area contributed by atoms with Gasteiger partial charge in [-0.05, 0) is 12.8 Å². The van der Waals surface area contributed by atoms with Crippen LogP contribution in [-0.2, 0) is 10.0 Å². The Balaban J connectivity index is 2.35. The molecular weight excluding hydrogens is 196 g/mol. The summed E-state index contributed by atoms with van der Waals surface area (Å²) in [7, 11) is -3.59. The number of hydrogen-bond acceptors (Lipinski definition) is 4. The zero-order valence-electron chi connectivity index (χ0n) is 6.23. The van der Waals surface area contributed by atoms with Crippen molar-refractivity contribution in [1.82, 2.24) is 4.98 Å². The van der Waals surface area contributed by atoms with Crippen LogP contribution in [0.2, 0.25) is 0 Å². The molecule has 6 heteroatoms. The second kappa shape index (κ2) is 2.51. The third-order valence-corrected chi connectivity index (χ3v) is 3.67. The molecule has 66 valence electrons. The number of primary sulfonamides is 1. The van der Waals surface area contributed by atoms with Gasteiger partial charge < -0.3 is 0 Å². The first-order chi connectivity index (χ1) is 5.57. The summed E-state index contributed by atoms with van der Waals surface area (Å²) in [5, 5.41) is 7.32. The van der Waals surface area contributed by atoms with Crippen LogP contribution in [0.1, 0.15) is 23.8 Å². The van der Waals surface area contributed by atoms with E-state index in [1.807, 2.05) is 0 Å². The molecule has 2 N–H and O–H groups in total. The van der Waals surface area contributed by atoms with E-state index in [0.29, 0.717) is 5.92 Å². The van der Waals surface area contributed by atoms with Crippen molar-refractivity contribution >= 4 is 21.4 Å². The molecule has 1 saturated carbocycles. The highest BCUT2D eigenvalue weighted by Crippen LogP contribution is 2.41. The van der Waals surface area contributed by atoms with Crippen LogP contribution in [-0.4, -0.2) is 13.4 Å². The van der Waals surface area contributed by atoms with Crippen molar-refractivity contribution in [3.63, 3.8) is 0 Å². The van der Waals surface area contributed by atoms with Crippen LogP contribution in [0.25, 0.3) is 0 Å². The second-order valence-electron chi connectivity index (χ2n) is 2.84. The smallest absolute Gasteiger partial charge is 0.228 e. The Kier molecular flexibility index (Phi) is 1.71. The van der Waals surface area contributed by atoms with Gasteiger partial charge in [0.25, 0.3) is 10.0 Å². The van der Waals surface area contributed by atoms with Gasteiger partial charge in [0, 0.05) is 11.3 Å². The Hall–Kier alpha value is -0.460. The molecule has 1 fully saturated rings. The standard InChI is InChI=1S/C6H8N2O2S2/c7-12(9,10)5-3-11-6(8-5)4-1-2-4/h3-4H,1-2H2,(H2,7,9,10). The van der Waals surface area contributed by atoms with Gasteiger partial charge in [-0.1, -0.05) is 0 Å². The largest absolute Gasteiger partial charge is 0.256 e. The zero-order valence-corrected chi connectivity index (χ0v) is 7.86. The first-order valence-corrected chi connectivity index (χ1v) is 5.98. The number of thiazole rings is 1. The molecule has 0 atom stereocenters. The Morgan fingerprint density at radius 2 is 2.25 bits per heavy atom. The third kappa shape index (κ3) is 1.50. The van der Waals surface area contributed by atoms with Crippen molar-refractivity contribution < 1.29 is 8.42 Å². The van der Waals surface area contributed by atoms with Crippen molar-refractivity contribution in [2.24, 2.45) is 5.14 Å². The SMILES string of the molecule is NS(=O)(=O)c1csc(C2CC2)n1. The molecule has 2 rings (SSSR count). The summed E-state index contributed by atoms with van der Waals surface area (Å²) >= 11 is 1.38. The van der Waals surface area contributed by atoms with Gasteiger partial charge in [0.2, 0.25) is 0 Å². The Morgan fingerprint density at radius 1 is 1.58 bits per heavy atom. The molecular formula is C6H8N2O2S2. The van der Waals surface area contributed by atoms with Gasteiger partial charge in [0.1, 0.15) is 0 Å². The number of nitrogens with zero attached hydrogens (tertiary/aromatic N) is 1. The van der Waals surface area contributed by atoms with E-state index in [1.165, 1.54) is 16.7 Å². The summed E-state index contributed by atoms with van der Waals surface area (Å²) < 4.78 is 21.6. The molecule has 1 aromatic heterocycles. The van der Waals surface area contributed by atoms with Gasteiger partial charge in [0.15, 0.2) is 5.03 Å². The molecule has 0 aromatic carbocycles. The number of aromatic nitrogens is 1. The number of nitrogens with two attached hydrogens (primary N) is 1. The minimum atomic E-state index is -3.59. The van der Waals surface area contributed by atoms with Crippen molar-refractivity contribution in [1.29, 1.82) is 0 Å². The van der Waals surface area contributed by atoms with Gasteiger partial charge in [0.05, 0.1) is 5.01 Å². The Morgan fingerprint density at radius 3 is 2.67 bits per heavy atom. The first kappa shape index (κ1) is 8.15. The number of sulfonamides is 1. The third-order valence-electron chi connectivity index (χ3n) is 1.72. The highest BCUT2D eigenvalue weighted by Gasteiger charge is 2.27. The quantitative estimate of drug-likeness (QED) is 0.769. The minimum absolute atomic E-state index is 0.00870. The molecule has 12 heavy (non-hydrogen) atoms. The molecule has 4 nitrogen and oxygen atoms in total. The van der Waals surface area contributed by atoms with Crippen LogP contribution in [0, 0.1) is 0 Å². The Labute approximate surface area is 74.5 Å². The van der Waals surface area contributed by atoms with Gasteiger partial charge >= 0.3 is 0 Å². The summed E-state index contributed by atoms with van der Waals surface area (Å²) in [6.45, 7) is 0. The fourth-order valence-corrected chi connectivity index (χ4v) is 2.74. The maximum Gasteiger partial charge on any atom is 0.256 e. The van der Waals surface area contributed by atoms with Gasteiger partial charge in [-0.25, -0.2) is 18.5 Å². The molecule has 0 saturated heterocycles. The lowest BCUT2D eigenvalue weighted by Crippen LogP contribution is -2.12. The fraction of sp³-hybridized carbons (Fsp3) is 0.500. The van der Waals surface area contributed by atoms with Crippen molar-refractivity contribution in [3.8, 4) is 0 Å². The number of hydrogen-bond donors (Lipinski definition) is 1. The average molecular weight is 204 g/mol. The highest BCUT2D eigenvalue weighted by atomic mass is 32.2. The van der Waals surface area contributed by atoms with Crippen molar-refractivity contribution in [2.45, 2.75) is 23.8 Å². The molecule has 0 bridgehead atoms. The minimum Gasteiger partial charge on any atom is -0.228 e. The molecule has 1 aliphatic carbocycles. The molecule has 0 aliphatic heterocycles. The predicted molar refractivity (Wildman–Crippen MR) is 45.5 cm³/mol. The molecule has 0 unspecified atom stereocenters. The van der Waals surface area contributed by atoms with Crippen LogP contribution >= 0.6 is 11.3 Å². The van der Waals surface area contributed by atoms with Crippen molar-refractivity contribution in [3.05, 3.63) is 10.4 Å². The van der Waals surface area contributed by atoms with Gasteiger partial charge in [-0.15, -0.1) is 11.3 Å². The Bertz CT molecular complexity index is 391.